The van der Waals surface area contributed by atoms with Crippen molar-refractivity contribution in [1.82, 2.24) is 9.55 Å². The fourth-order valence-corrected chi connectivity index (χ4v) is 2.34. The maximum absolute atomic E-state index is 12.9. The van der Waals surface area contributed by atoms with Crippen molar-refractivity contribution in [2.45, 2.75) is 26.3 Å². The van der Waals surface area contributed by atoms with Crippen LogP contribution in [0.15, 0.2) is 30.5 Å². The Kier molecular flexibility index (Phi) is 2.46. The zero-order valence-electron chi connectivity index (χ0n) is 9.86. The van der Waals surface area contributed by atoms with Crippen molar-refractivity contribution in [1.29, 1.82) is 0 Å². The third kappa shape index (κ3) is 1.97. The number of fused-ring (bicyclic) bond motifs is 1. The quantitative estimate of drug-likeness (QED) is 0.735. The number of imidazole rings is 1. The summed E-state index contributed by atoms with van der Waals surface area (Å²) in [6.07, 6.45) is 4.34. The van der Waals surface area contributed by atoms with E-state index in [1.54, 1.807) is 12.1 Å². The Bertz CT molecular complexity index is 528. The molecule has 0 N–H and O–H groups in total. The molecular weight excluding hydrogens is 215 g/mol. The molecule has 0 saturated carbocycles. The first-order valence-electron chi connectivity index (χ1n) is 6.04. The van der Waals surface area contributed by atoms with Gasteiger partial charge in [0.15, 0.2) is 0 Å². The molecule has 3 heteroatoms. The highest BCUT2D eigenvalue weighted by atomic mass is 19.1. The molecule has 1 unspecified atom stereocenters. The maximum atomic E-state index is 12.9. The molecule has 0 spiro atoms. The molecule has 0 aliphatic carbocycles. The van der Waals surface area contributed by atoms with Crippen LogP contribution in [0.3, 0.4) is 0 Å². The maximum Gasteiger partial charge on any atom is 0.123 e. The number of nitrogens with zero attached hydrogens (tertiary/aromatic N) is 2. The number of hydrogen-bond acceptors (Lipinski definition) is 1. The number of hydrogen-bond donors (Lipinski definition) is 0. The Labute approximate surface area is 100 Å². The van der Waals surface area contributed by atoms with Crippen LogP contribution in [-0.2, 0) is 13.0 Å². The van der Waals surface area contributed by atoms with Crippen LogP contribution in [0.4, 0.5) is 4.39 Å². The zero-order chi connectivity index (χ0) is 11.8. The molecule has 1 aromatic carbocycles. The summed E-state index contributed by atoms with van der Waals surface area (Å²) in [6.45, 7) is 3.31. The number of benzene rings is 1. The van der Waals surface area contributed by atoms with E-state index in [1.165, 1.54) is 18.6 Å². The standard InChI is InChI=1S/C14H15FN2/c1-10-6-7-17-9-13(16-14(17)8-10)11-2-4-12(15)5-3-11/h2-5,9-10H,6-8H2,1H3. The fourth-order valence-electron chi connectivity index (χ4n) is 2.34. The summed E-state index contributed by atoms with van der Waals surface area (Å²) in [7, 11) is 0. The third-order valence-corrected chi connectivity index (χ3v) is 3.39. The molecule has 1 atom stereocenters. The minimum Gasteiger partial charge on any atom is -0.334 e. The predicted octanol–water partition coefficient (Wildman–Crippen LogP) is 3.27. The molecule has 0 saturated heterocycles. The van der Waals surface area contributed by atoms with Crippen LogP contribution in [0.1, 0.15) is 19.2 Å². The van der Waals surface area contributed by atoms with E-state index >= 15 is 0 Å². The van der Waals surface area contributed by atoms with Gasteiger partial charge in [-0.3, -0.25) is 0 Å². The molecule has 0 radical (unpaired) electrons. The highest BCUT2D eigenvalue weighted by Crippen LogP contribution is 2.24. The van der Waals surface area contributed by atoms with Crippen LogP contribution in [0.5, 0.6) is 0 Å². The molecule has 0 fully saturated rings. The van der Waals surface area contributed by atoms with Gasteiger partial charge in [0.2, 0.25) is 0 Å². The Morgan fingerprint density at radius 2 is 2.06 bits per heavy atom. The van der Waals surface area contributed by atoms with Crippen molar-refractivity contribution >= 4 is 0 Å². The van der Waals surface area contributed by atoms with Gasteiger partial charge in [-0.2, -0.15) is 0 Å². The third-order valence-electron chi connectivity index (χ3n) is 3.39. The van der Waals surface area contributed by atoms with E-state index < -0.39 is 0 Å². The topological polar surface area (TPSA) is 17.8 Å². The molecule has 1 aromatic heterocycles. The lowest BCUT2D eigenvalue weighted by Crippen LogP contribution is -2.16. The van der Waals surface area contributed by atoms with Crippen LogP contribution < -0.4 is 0 Å². The molecule has 0 bridgehead atoms. The Morgan fingerprint density at radius 3 is 2.82 bits per heavy atom. The first kappa shape index (κ1) is 10.5. The summed E-state index contributed by atoms with van der Waals surface area (Å²) in [5.41, 5.74) is 1.94. The molecule has 1 aliphatic heterocycles. The second-order valence-electron chi connectivity index (χ2n) is 4.84. The van der Waals surface area contributed by atoms with Gasteiger partial charge in [-0.1, -0.05) is 6.92 Å². The van der Waals surface area contributed by atoms with E-state index in [-0.39, 0.29) is 5.82 Å². The molecule has 2 aromatic rings. The number of aryl methyl sites for hydroxylation is 1. The predicted molar refractivity (Wildman–Crippen MR) is 65.1 cm³/mol. The summed E-state index contributed by atoms with van der Waals surface area (Å²) in [5, 5.41) is 0. The lowest BCUT2D eigenvalue weighted by molar-refractivity contribution is 0.409. The number of halogens is 1. The normalized spacial score (nSPS) is 19.1. The van der Waals surface area contributed by atoms with Gasteiger partial charge in [-0.05, 0) is 36.6 Å². The largest absolute Gasteiger partial charge is 0.334 e. The first-order chi connectivity index (χ1) is 8.22. The average Bonchev–Trinajstić information content (AvgIpc) is 2.72. The van der Waals surface area contributed by atoms with Crippen molar-refractivity contribution in [3.63, 3.8) is 0 Å². The summed E-state index contributed by atoms with van der Waals surface area (Å²) in [4.78, 5) is 4.64. The number of aromatic nitrogens is 2. The number of rotatable bonds is 1. The minimum absolute atomic E-state index is 0.202. The zero-order valence-corrected chi connectivity index (χ0v) is 9.86. The molecule has 2 nitrogen and oxygen atoms in total. The second-order valence-corrected chi connectivity index (χ2v) is 4.84. The SMILES string of the molecule is CC1CCn2cc(-c3ccc(F)cc3)nc2C1. The molecule has 17 heavy (non-hydrogen) atoms. The van der Waals surface area contributed by atoms with E-state index in [9.17, 15) is 4.39 Å². The second kappa shape index (κ2) is 3.99. The summed E-state index contributed by atoms with van der Waals surface area (Å²) in [6, 6.07) is 6.53. The van der Waals surface area contributed by atoms with Crippen LogP contribution >= 0.6 is 0 Å². The Hall–Kier alpha value is -1.64. The molecule has 88 valence electrons. The van der Waals surface area contributed by atoms with Crippen LogP contribution in [0, 0.1) is 11.7 Å². The van der Waals surface area contributed by atoms with E-state index in [2.05, 4.69) is 22.7 Å². The molecule has 0 amide bonds. The summed E-state index contributed by atoms with van der Waals surface area (Å²) >= 11 is 0. The Morgan fingerprint density at radius 1 is 1.29 bits per heavy atom. The van der Waals surface area contributed by atoms with Gasteiger partial charge < -0.3 is 4.57 Å². The van der Waals surface area contributed by atoms with E-state index in [1.807, 2.05) is 0 Å². The van der Waals surface area contributed by atoms with Gasteiger partial charge in [0.1, 0.15) is 11.6 Å². The van der Waals surface area contributed by atoms with Gasteiger partial charge in [-0.15, -0.1) is 0 Å². The van der Waals surface area contributed by atoms with Crippen LogP contribution in [0.25, 0.3) is 11.3 Å². The summed E-state index contributed by atoms with van der Waals surface area (Å²) in [5.74, 6) is 1.67. The first-order valence-corrected chi connectivity index (χ1v) is 6.04. The van der Waals surface area contributed by atoms with Gasteiger partial charge in [0.05, 0.1) is 5.69 Å². The lowest BCUT2D eigenvalue weighted by Gasteiger charge is -2.18. The van der Waals surface area contributed by atoms with Crippen molar-refractivity contribution in [2.75, 3.05) is 0 Å². The smallest absolute Gasteiger partial charge is 0.123 e. The van der Waals surface area contributed by atoms with Gasteiger partial charge in [-0.25, -0.2) is 9.37 Å². The highest BCUT2D eigenvalue weighted by Gasteiger charge is 2.17. The van der Waals surface area contributed by atoms with Crippen molar-refractivity contribution < 1.29 is 4.39 Å². The summed E-state index contributed by atoms with van der Waals surface area (Å²) < 4.78 is 15.1. The van der Waals surface area contributed by atoms with Crippen molar-refractivity contribution in [2.24, 2.45) is 5.92 Å². The Balaban J connectivity index is 1.97. The molecule has 1 aliphatic rings. The van der Waals surface area contributed by atoms with E-state index in [0.717, 1.165) is 30.0 Å². The van der Waals surface area contributed by atoms with Crippen molar-refractivity contribution in [3.8, 4) is 11.3 Å². The van der Waals surface area contributed by atoms with Gasteiger partial charge >= 0.3 is 0 Å². The average molecular weight is 230 g/mol. The molecule has 2 heterocycles. The van der Waals surface area contributed by atoms with Crippen LogP contribution in [0.2, 0.25) is 0 Å². The monoisotopic (exact) mass is 230 g/mol. The molecule has 3 rings (SSSR count). The van der Waals surface area contributed by atoms with Crippen LogP contribution in [-0.4, -0.2) is 9.55 Å². The van der Waals surface area contributed by atoms with E-state index in [4.69, 9.17) is 0 Å². The van der Waals surface area contributed by atoms with Gasteiger partial charge in [0, 0.05) is 24.7 Å². The van der Waals surface area contributed by atoms with Gasteiger partial charge in [0.25, 0.3) is 0 Å². The molecular formula is C14H15FN2. The lowest BCUT2D eigenvalue weighted by atomic mass is 10.0. The van der Waals surface area contributed by atoms with Crippen molar-refractivity contribution in [3.05, 3.63) is 42.1 Å². The fraction of sp³-hybridized carbons (Fsp3) is 0.357. The highest BCUT2D eigenvalue weighted by molar-refractivity contribution is 5.58. The minimum atomic E-state index is -0.202. The van der Waals surface area contributed by atoms with E-state index in [0.29, 0.717) is 5.92 Å².